The van der Waals surface area contributed by atoms with Gasteiger partial charge in [0.1, 0.15) is 5.82 Å². The second-order valence-electron chi connectivity index (χ2n) is 2.24. The lowest BCUT2D eigenvalue weighted by molar-refractivity contribution is 1.31. The van der Waals surface area contributed by atoms with E-state index >= 15 is 0 Å². The van der Waals surface area contributed by atoms with Gasteiger partial charge in [0, 0.05) is 5.56 Å². The first-order chi connectivity index (χ1) is 5.47. The molecule has 2 heteroatoms. The molecule has 53 valence electrons. The van der Waals surface area contributed by atoms with Crippen LogP contribution in [0.5, 0.6) is 0 Å². The number of aromatic nitrogens is 2. The third kappa shape index (κ3) is 1.15. The molecule has 0 unspecified atom stereocenters. The van der Waals surface area contributed by atoms with Gasteiger partial charge in [0.2, 0.25) is 0 Å². The van der Waals surface area contributed by atoms with Crippen LogP contribution in [0, 0.1) is 6.20 Å². The third-order valence-corrected chi connectivity index (χ3v) is 1.50. The molecule has 2 aromatic rings. The first-order valence-electron chi connectivity index (χ1n) is 3.43. The number of imidazole rings is 1. The fourth-order valence-electron chi connectivity index (χ4n) is 0.972. The van der Waals surface area contributed by atoms with E-state index in [2.05, 4.69) is 16.2 Å². The molecule has 11 heavy (non-hydrogen) atoms. The fraction of sp³-hybridized carbons (Fsp3) is 0. The van der Waals surface area contributed by atoms with E-state index in [1.807, 2.05) is 30.3 Å². The van der Waals surface area contributed by atoms with Crippen LogP contribution >= 0.6 is 0 Å². The normalized spacial score (nSPS) is 9.82. The molecule has 2 nitrogen and oxygen atoms in total. The molecular formula is C9H7N2. The predicted molar refractivity (Wildman–Crippen MR) is 42.9 cm³/mol. The largest absolute Gasteiger partial charge is 0.337 e. The maximum atomic E-state index is 4.08. The van der Waals surface area contributed by atoms with E-state index in [4.69, 9.17) is 0 Å². The Kier molecular flexibility index (Phi) is 1.44. The number of aromatic amines is 1. The quantitative estimate of drug-likeness (QED) is 0.648. The van der Waals surface area contributed by atoms with E-state index in [1.165, 1.54) is 0 Å². The number of H-pyrrole nitrogens is 1. The van der Waals surface area contributed by atoms with Gasteiger partial charge in [-0.3, -0.25) is 0 Å². The third-order valence-electron chi connectivity index (χ3n) is 1.50. The van der Waals surface area contributed by atoms with E-state index in [9.17, 15) is 0 Å². The molecule has 0 aliphatic heterocycles. The Morgan fingerprint density at radius 2 is 2.00 bits per heavy atom. The zero-order valence-corrected chi connectivity index (χ0v) is 5.91. The van der Waals surface area contributed by atoms with Gasteiger partial charge in [-0.15, -0.1) is 0 Å². The molecule has 0 spiro atoms. The van der Waals surface area contributed by atoms with Crippen molar-refractivity contribution in [1.29, 1.82) is 0 Å². The van der Waals surface area contributed by atoms with Crippen LogP contribution in [-0.2, 0) is 0 Å². The minimum Gasteiger partial charge on any atom is -0.337 e. The summed E-state index contributed by atoms with van der Waals surface area (Å²) in [4.78, 5) is 6.99. The van der Waals surface area contributed by atoms with E-state index in [1.54, 1.807) is 6.20 Å². The second-order valence-corrected chi connectivity index (χ2v) is 2.24. The molecule has 0 bridgehead atoms. The smallest absolute Gasteiger partial charge is 0.137 e. The van der Waals surface area contributed by atoms with E-state index in [-0.39, 0.29) is 0 Å². The van der Waals surface area contributed by atoms with Crippen LogP contribution in [0.4, 0.5) is 0 Å². The summed E-state index contributed by atoms with van der Waals surface area (Å²) < 4.78 is 0. The lowest BCUT2D eigenvalue weighted by Gasteiger charge is -1.92. The van der Waals surface area contributed by atoms with Gasteiger partial charge in [0.05, 0.1) is 12.4 Å². The van der Waals surface area contributed by atoms with Crippen molar-refractivity contribution in [2.24, 2.45) is 0 Å². The lowest BCUT2D eigenvalue weighted by Crippen LogP contribution is -1.77. The van der Waals surface area contributed by atoms with Crippen molar-refractivity contribution < 1.29 is 0 Å². The van der Waals surface area contributed by atoms with Crippen LogP contribution < -0.4 is 0 Å². The number of rotatable bonds is 1. The van der Waals surface area contributed by atoms with Gasteiger partial charge >= 0.3 is 0 Å². The fourth-order valence-corrected chi connectivity index (χ4v) is 0.972. The van der Waals surface area contributed by atoms with Gasteiger partial charge in [-0.05, 0) is 0 Å². The van der Waals surface area contributed by atoms with Crippen LogP contribution in [0.1, 0.15) is 0 Å². The number of hydrogen-bond donors (Lipinski definition) is 1. The van der Waals surface area contributed by atoms with Crippen LogP contribution in [0.3, 0.4) is 0 Å². The summed E-state index contributed by atoms with van der Waals surface area (Å²) in [6, 6.07) is 9.96. The summed E-state index contributed by atoms with van der Waals surface area (Å²) >= 11 is 0. The molecule has 1 heterocycles. The van der Waals surface area contributed by atoms with Crippen molar-refractivity contribution in [2.75, 3.05) is 0 Å². The van der Waals surface area contributed by atoms with E-state index in [0.29, 0.717) is 0 Å². The summed E-state index contributed by atoms with van der Waals surface area (Å²) in [5.74, 6) is 0.866. The molecule has 1 aromatic carbocycles. The maximum absolute atomic E-state index is 4.08. The predicted octanol–water partition coefficient (Wildman–Crippen LogP) is 1.88. The van der Waals surface area contributed by atoms with Crippen molar-refractivity contribution >= 4 is 0 Å². The van der Waals surface area contributed by atoms with Gasteiger partial charge in [-0.1, -0.05) is 30.3 Å². The Morgan fingerprint density at radius 3 is 2.64 bits per heavy atom. The first-order valence-corrected chi connectivity index (χ1v) is 3.43. The van der Waals surface area contributed by atoms with Crippen molar-refractivity contribution in [3.63, 3.8) is 0 Å². The zero-order chi connectivity index (χ0) is 7.52. The Labute approximate surface area is 64.9 Å². The maximum Gasteiger partial charge on any atom is 0.137 e. The lowest BCUT2D eigenvalue weighted by atomic mass is 10.2. The standard InChI is InChI=1S/C9H7N2/c1-2-4-8(5-3-1)9-10-6-7-11-9/h1-6H,(H,10,11). The Bertz CT molecular complexity index is 311. The van der Waals surface area contributed by atoms with Crippen LogP contribution in [0.15, 0.2) is 36.5 Å². The summed E-state index contributed by atoms with van der Waals surface area (Å²) in [6.45, 7) is 0. The number of hydrogen-bond acceptors (Lipinski definition) is 1. The van der Waals surface area contributed by atoms with E-state index in [0.717, 1.165) is 11.4 Å². The summed E-state index contributed by atoms with van der Waals surface area (Å²) in [7, 11) is 0. The van der Waals surface area contributed by atoms with E-state index < -0.39 is 0 Å². The van der Waals surface area contributed by atoms with Crippen LogP contribution in [0.25, 0.3) is 11.4 Å². The highest BCUT2D eigenvalue weighted by Crippen LogP contribution is 2.11. The average Bonchev–Trinajstić information content (AvgIpc) is 2.58. The molecule has 0 saturated heterocycles. The van der Waals surface area contributed by atoms with Gasteiger partial charge in [-0.25, -0.2) is 4.98 Å². The van der Waals surface area contributed by atoms with Crippen molar-refractivity contribution in [1.82, 2.24) is 9.97 Å². The topological polar surface area (TPSA) is 28.7 Å². The molecule has 0 aliphatic rings. The van der Waals surface area contributed by atoms with Crippen LogP contribution in [0.2, 0.25) is 0 Å². The van der Waals surface area contributed by atoms with Crippen LogP contribution in [-0.4, -0.2) is 9.97 Å². The Hall–Kier alpha value is -1.57. The highest BCUT2D eigenvalue weighted by molar-refractivity contribution is 5.53. The van der Waals surface area contributed by atoms with Crippen molar-refractivity contribution in [3.8, 4) is 11.4 Å². The monoisotopic (exact) mass is 143 g/mol. The van der Waals surface area contributed by atoms with Gasteiger partial charge < -0.3 is 4.98 Å². The number of benzene rings is 1. The highest BCUT2D eigenvalue weighted by Gasteiger charge is 1.95. The molecule has 0 amide bonds. The molecule has 1 N–H and O–H groups in total. The van der Waals surface area contributed by atoms with Gasteiger partial charge in [0.25, 0.3) is 0 Å². The van der Waals surface area contributed by atoms with Crippen molar-refractivity contribution in [3.05, 3.63) is 42.7 Å². The Morgan fingerprint density at radius 1 is 1.18 bits per heavy atom. The summed E-state index contributed by atoms with van der Waals surface area (Å²) in [5, 5.41) is 0. The molecule has 1 aromatic heterocycles. The van der Waals surface area contributed by atoms with Crippen molar-refractivity contribution in [2.45, 2.75) is 0 Å². The molecule has 0 fully saturated rings. The minimum atomic E-state index is 0.866. The summed E-state index contributed by atoms with van der Waals surface area (Å²) in [5.41, 5.74) is 1.09. The second kappa shape index (κ2) is 2.58. The number of nitrogens with one attached hydrogen (secondary N) is 1. The van der Waals surface area contributed by atoms with Gasteiger partial charge in [-0.2, -0.15) is 0 Å². The molecular weight excluding hydrogens is 136 g/mol. The zero-order valence-electron chi connectivity index (χ0n) is 5.91. The SMILES string of the molecule is [c]1cnc(-c2ccccc2)[nH]1. The molecule has 0 atom stereocenters. The number of nitrogens with zero attached hydrogens (tertiary/aromatic N) is 1. The Balaban J connectivity index is 2.46. The molecule has 0 saturated carbocycles. The average molecular weight is 143 g/mol. The summed E-state index contributed by atoms with van der Waals surface area (Å²) in [6.07, 6.45) is 4.42. The first kappa shape index (κ1) is 6.16. The molecule has 1 radical (unpaired) electrons. The van der Waals surface area contributed by atoms with Gasteiger partial charge in [0.15, 0.2) is 0 Å². The molecule has 0 aliphatic carbocycles. The minimum absolute atomic E-state index is 0.866. The molecule has 2 rings (SSSR count). The highest BCUT2D eigenvalue weighted by atomic mass is 14.9.